The molecule has 9 heteroatoms. The fraction of sp³-hybridized carbons (Fsp3) is 0.500. The molecule has 23 heavy (non-hydrogen) atoms. The molecule has 1 aliphatic heterocycles. The van der Waals surface area contributed by atoms with E-state index in [0.717, 1.165) is 12.1 Å². The lowest BCUT2D eigenvalue weighted by molar-refractivity contribution is 0.240. The van der Waals surface area contributed by atoms with Crippen LogP contribution in [-0.4, -0.2) is 44.6 Å². The molecule has 2 N–H and O–H groups in total. The van der Waals surface area contributed by atoms with Gasteiger partial charge in [-0.15, -0.1) is 0 Å². The van der Waals surface area contributed by atoms with Crippen LogP contribution in [0.1, 0.15) is 12.8 Å². The number of piperidine rings is 1. The van der Waals surface area contributed by atoms with Gasteiger partial charge in [0.05, 0.1) is 6.26 Å². The van der Waals surface area contributed by atoms with E-state index in [0.29, 0.717) is 32.5 Å². The fourth-order valence-electron chi connectivity index (χ4n) is 2.46. The van der Waals surface area contributed by atoms with E-state index in [-0.39, 0.29) is 5.92 Å². The van der Waals surface area contributed by atoms with Crippen LogP contribution in [0.15, 0.2) is 18.2 Å². The summed E-state index contributed by atoms with van der Waals surface area (Å²) in [6.45, 7) is 1.14. The van der Waals surface area contributed by atoms with Crippen LogP contribution in [0.5, 0.6) is 0 Å². The average Bonchev–Trinajstić information content (AvgIpc) is 2.48. The summed E-state index contributed by atoms with van der Waals surface area (Å²) < 4.78 is 51.0. The zero-order valence-electron chi connectivity index (χ0n) is 12.7. The van der Waals surface area contributed by atoms with E-state index in [4.69, 9.17) is 0 Å². The molecule has 0 atom stereocenters. The standard InChI is InChI=1S/C14H19F2N3O3S/c1-23(21,22)19-7-5-10(6-8-19)9-17-14(20)18-13-11(15)3-2-4-12(13)16/h2-4,10H,5-9H2,1H3,(H2,17,18,20). The second kappa shape index (κ2) is 7.22. The Morgan fingerprint density at radius 3 is 2.35 bits per heavy atom. The average molecular weight is 347 g/mol. The third-order valence-electron chi connectivity index (χ3n) is 3.80. The van der Waals surface area contributed by atoms with E-state index < -0.39 is 33.4 Å². The summed E-state index contributed by atoms with van der Waals surface area (Å²) in [5, 5.41) is 4.70. The number of para-hydroxylation sites is 1. The quantitative estimate of drug-likeness (QED) is 0.871. The van der Waals surface area contributed by atoms with Crippen molar-refractivity contribution in [3.63, 3.8) is 0 Å². The number of nitrogens with one attached hydrogen (secondary N) is 2. The van der Waals surface area contributed by atoms with Gasteiger partial charge in [0.2, 0.25) is 10.0 Å². The van der Waals surface area contributed by atoms with Crippen molar-refractivity contribution in [1.82, 2.24) is 9.62 Å². The second-order valence-electron chi connectivity index (χ2n) is 5.54. The van der Waals surface area contributed by atoms with Gasteiger partial charge in [0.15, 0.2) is 0 Å². The molecule has 0 unspecified atom stereocenters. The maximum atomic E-state index is 13.4. The number of urea groups is 1. The molecular formula is C14H19F2N3O3S. The number of halogens is 2. The van der Waals surface area contributed by atoms with Crippen LogP contribution < -0.4 is 10.6 Å². The largest absolute Gasteiger partial charge is 0.338 e. The lowest BCUT2D eigenvalue weighted by Gasteiger charge is -2.30. The Hall–Kier alpha value is -1.74. The van der Waals surface area contributed by atoms with Crippen molar-refractivity contribution < 1.29 is 22.0 Å². The van der Waals surface area contributed by atoms with Crippen LogP contribution in [0.4, 0.5) is 19.3 Å². The summed E-state index contributed by atoms with van der Waals surface area (Å²) >= 11 is 0. The lowest BCUT2D eigenvalue weighted by Crippen LogP contribution is -2.41. The zero-order chi connectivity index (χ0) is 17.0. The molecule has 1 fully saturated rings. The molecule has 128 valence electrons. The molecular weight excluding hydrogens is 328 g/mol. The van der Waals surface area contributed by atoms with Crippen LogP contribution in [0, 0.1) is 17.6 Å². The van der Waals surface area contributed by atoms with Crippen LogP contribution in [-0.2, 0) is 10.0 Å². The molecule has 1 aromatic carbocycles. The summed E-state index contributed by atoms with van der Waals surface area (Å²) in [4.78, 5) is 11.7. The first-order chi connectivity index (χ1) is 10.8. The molecule has 0 aliphatic carbocycles. The number of carbonyl (C=O) groups excluding carboxylic acids is 1. The highest BCUT2D eigenvalue weighted by molar-refractivity contribution is 7.88. The maximum Gasteiger partial charge on any atom is 0.319 e. The molecule has 2 amide bonds. The Kier molecular flexibility index (Phi) is 5.53. The second-order valence-corrected chi connectivity index (χ2v) is 7.52. The number of rotatable bonds is 4. The molecule has 1 saturated heterocycles. The molecule has 0 spiro atoms. The number of hydrogen-bond acceptors (Lipinski definition) is 3. The summed E-state index contributed by atoms with van der Waals surface area (Å²) in [5.74, 6) is -1.56. The Morgan fingerprint density at radius 2 is 1.83 bits per heavy atom. The minimum atomic E-state index is -3.18. The van der Waals surface area contributed by atoms with Crippen LogP contribution >= 0.6 is 0 Å². The summed E-state index contributed by atoms with van der Waals surface area (Å²) in [6, 6.07) is 2.63. The molecule has 0 saturated carbocycles. The number of nitrogens with zero attached hydrogens (tertiary/aromatic N) is 1. The Balaban J connectivity index is 1.80. The third-order valence-corrected chi connectivity index (χ3v) is 5.10. The van der Waals surface area contributed by atoms with Crippen LogP contribution in [0.3, 0.4) is 0 Å². The van der Waals surface area contributed by atoms with Gasteiger partial charge in [-0.05, 0) is 30.9 Å². The molecule has 1 aromatic rings. The van der Waals surface area contributed by atoms with E-state index >= 15 is 0 Å². The van der Waals surface area contributed by atoms with Crippen LogP contribution in [0.2, 0.25) is 0 Å². The van der Waals surface area contributed by atoms with Crippen molar-refractivity contribution in [2.45, 2.75) is 12.8 Å². The number of sulfonamides is 1. The monoisotopic (exact) mass is 347 g/mol. The SMILES string of the molecule is CS(=O)(=O)N1CCC(CNC(=O)Nc2c(F)cccc2F)CC1. The van der Waals surface area contributed by atoms with Gasteiger partial charge in [0, 0.05) is 19.6 Å². The van der Waals surface area contributed by atoms with Crippen molar-refractivity contribution in [3.8, 4) is 0 Å². The van der Waals surface area contributed by atoms with Gasteiger partial charge in [-0.1, -0.05) is 6.07 Å². The van der Waals surface area contributed by atoms with Crippen LogP contribution in [0.25, 0.3) is 0 Å². The van der Waals surface area contributed by atoms with E-state index in [1.54, 1.807) is 0 Å². The summed E-state index contributed by atoms with van der Waals surface area (Å²) in [5.41, 5.74) is -0.489. The first kappa shape index (κ1) is 17.6. The van der Waals surface area contributed by atoms with Crippen molar-refractivity contribution >= 4 is 21.7 Å². The first-order valence-electron chi connectivity index (χ1n) is 7.21. The molecule has 0 aromatic heterocycles. The third kappa shape index (κ3) is 4.87. The first-order valence-corrected chi connectivity index (χ1v) is 9.06. The Bertz CT molecular complexity index is 654. The maximum absolute atomic E-state index is 13.4. The Labute approximate surface area is 133 Å². The number of hydrogen-bond donors (Lipinski definition) is 2. The van der Waals surface area contributed by atoms with E-state index in [2.05, 4.69) is 10.6 Å². The molecule has 0 radical (unpaired) electrons. The normalized spacial score (nSPS) is 17.0. The van der Waals surface area contributed by atoms with Crippen molar-refractivity contribution in [2.24, 2.45) is 5.92 Å². The van der Waals surface area contributed by atoms with E-state index in [1.165, 1.54) is 16.6 Å². The van der Waals surface area contributed by atoms with Gasteiger partial charge in [0.1, 0.15) is 17.3 Å². The van der Waals surface area contributed by atoms with Gasteiger partial charge in [-0.2, -0.15) is 0 Å². The summed E-state index contributed by atoms with van der Waals surface area (Å²) in [7, 11) is -3.18. The molecule has 1 heterocycles. The lowest BCUT2D eigenvalue weighted by atomic mass is 9.98. The topological polar surface area (TPSA) is 78.5 Å². The predicted molar refractivity (Wildman–Crippen MR) is 82.5 cm³/mol. The van der Waals surface area contributed by atoms with Gasteiger partial charge < -0.3 is 10.6 Å². The fourth-order valence-corrected chi connectivity index (χ4v) is 3.33. The summed E-state index contributed by atoms with van der Waals surface area (Å²) in [6.07, 6.45) is 2.42. The highest BCUT2D eigenvalue weighted by Crippen LogP contribution is 2.19. The van der Waals surface area contributed by atoms with Crippen molar-refractivity contribution in [1.29, 1.82) is 0 Å². The molecule has 6 nitrogen and oxygen atoms in total. The van der Waals surface area contributed by atoms with Gasteiger partial charge in [-0.3, -0.25) is 0 Å². The molecule has 2 rings (SSSR count). The number of benzene rings is 1. The molecule has 1 aliphatic rings. The highest BCUT2D eigenvalue weighted by atomic mass is 32.2. The van der Waals surface area contributed by atoms with Crippen molar-refractivity contribution in [2.75, 3.05) is 31.2 Å². The van der Waals surface area contributed by atoms with Gasteiger partial charge in [0.25, 0.3) is 0 Å². The van der Waals surface area contributed by atoms with Crippen molar-refractivity contribution in [3.05, 3.63) is 29.8 Å². The minimum absolute atomic E-state index is 0.129. The van der Waals surface area contributed by atoms with Gasteiger partial charge in [-0.25, -0.2) is 26.3 Å². The zero-order valence-corrected chi connectivity index (χ0v) is 13.5. The smallest absolute Gasteiger partial charge is 0.319 e. The highest BCUT2D eigenvalue weighted by Gasteiger charge is 2.25. The number of amides is 2. The van der Waals surface area contributed by atoms with Gasteiger partial charge >= 0.3 is 6.03 Å². The molecule has 0 bridgehead atoms. The minimum Gasteiger partial charge on any atom is -0.338 e. The predicted octanol–water partition coefficient (Wildman–Crippen LogP) is 1.76. The Morgan fingerprint density at radius 1 is 1.26 bits per heavy atom. The number of anilines is 1. The van der Waals surface area contributed by atoms with E-state index in [9.17, 15) is 22.0 Å². The number of carbonyl (C=O) groups is 1. The van der Waals surface area contributed by atoms with E-state index in [1.807, 2.05) is 0 Å².